The minimum Gasteiger partial charge on any atom is -0.508 e. The van der Waals surface area contributed by atoms with Gasteiger partial charge < -0.3 is 30.8 Å². The molecule has 0 unspecified atom stereocenters. The molecule has 0 amide bonds. The van der Waals surface area contributed by atoms with Crippen LogP contribution in [0.25, 0.3) is 11.1 Å². The van der Waals surface area contributed by atoms with Gasteiger partial charge in [-0.2, -0.15) is 4.98 Å². The first kappa shape index (κ1) is 23.6. The number of hydrogen-bond donors (Lipinski definition) is 3. The largest absolute Gasteiger partial charge is 0.508 e. The molecule has 0 bridgehead atoms. The van der Waals surface area contributed by atoms with Crippen molar-refractivity contribution in [3.63, 3.8) is 0 Å². The van der Waals surface area contributed by atoms with Crippen molar-refractivity contribution in [1.82, 2.24) is 9.97 Å². The van der Waals surface area contributed by atoms with Crippen LogP contribution in [0.3, 0.4) is 0 Å². The topological polar surface area (TPSA) is 126 Å². The number of hydrogen-bond acceptors (Lipinski definition) is 8. The van der Waals surface area contributed by atoms with E-state index in [-0.39, 0.29) is 11.7 Å². The van der Waals surface area contributed by atoms with E-state index in [4.69, 9.17) is 25.7 Å². The van der Waals surface area contributed by atoms with Gasteiger partial charge in [0, 0.05) is 31.4 Å². The van der Waals surface area contributed by atoms with Gasteiger partial charge in [-0.15, -0.1) is 0 Å². The summed E-state index contributed by atoms with van der Waals surface area (Å²) in [6.07, 6.45) is 5.25. The molecule has 8 nitrogen and oxygen atoms in total. The molecule has 1 saturated heterocycles. The molecule has 1 aromatic heterocycles. The third-order valence-electron chi connectivity index (χ3n) is 6.02. The maximum Gasteiger partial charge on any atom is 0.221 e. The molecule has 5 N–H and O–H groups in total. The molecule has 2 aromatic carbocycles. The number of ether oxygens (including phenoxy) is 3. The zero-order chi connectivity index (χ0) is 23.9. The fourth-order valence-electron chi connectivity index (χ4n) is 4.20. The lowest BCUT2D eigenvalue weighted by molar-refractivity contribution is 0.0593. The smallest absolute Gasteiger partial charge is 0.221 e. The van der Waals surface area contributed by atoms with Gasteiger partial charge in [0.2, 0.25) is 5.95 Å². The number of aromatic hydroxyl groups is 1. The number of nitrogen functional groups attached to an aromatic ring is 2. The second-order valence-electron chi connectivity index (χ2n) is 8.46. The molecular weight excluding hydrogens is 432 g/mol. The van der Waals surface area contributed by atoms with Crippen LogP contribution in [0.2, 0.25) is 0 Å². The lowest BCUT2D eigenvalue weighted by Crippen LogP contribution is -2.18. The van der Waals surface area contributed by atoms with E-state index in [1.54, 1.807) is 18.3 Å². The number of phenols is 1. The van der Waals surface area contributed by atoms with Crippen LogP contribution < -0.4 is 20.9 Å². The van der Waals surface area contributed by atoms with Crippen LogP contribution in [0.5, 0.6) is 17.2 Å². The van der Waals surface area contributed by atoms with E-state index < -0.39 is 0 Å². The van der Waals surface area contributed by atoms with Crippen molar-refractivity contribution in [3.05, 3.63) is 53.7 Å². The molecule has 1 aliphatic heterocycles. The van der Waals surface area contributed by atoms with Crippen LogP contribution in [0.4, 0.5) is 11.8 Å². The molecule has 3 aromatic rings. The summed E-state index contributed by atoms with van der Waals surface area (Å²) in [6.45, 7) is 4.68. The van der Waals surface area contributed by atoms with Gasteiger partial charge in [-0.3, -0.25) is 0 Å². The van der Waals surface area contributed by atoms with Crippen LogP contribution in [0.15, 0.2) is 42.6 Å². The fourth-order valence-corrected chi connectivity index (χ4v) is 4.20. The van der Waals surface area contributed by atoms with Gasteiger partial charge in [0.25, 0.3) is 0 Å². The average Bonchev–Trinajstić information content (AvgIpc) is 2.83. The Kier molecular flexibility index (Phi) is 7.69. The van der Waals surface area contributed by atoms with Crippen LogP contribution in [0.1, 0.15) is 37.3 Å². The molecule has 0 saturated carbocycles. The highest BCUT2D eigenvalue weighted by Crippen LogP contribution is 2.41. The zero-order valence-electron chi connectivity index (χ0n) is 19.5. The Balaban J connectivity index is 1.67. The summed E-state index contributed by atoms with van der Waals surface area (Å²) in [4.78, 5) is 8.16. The first-order valence-electron chi connectivity index (χ1n) is 11.7. The molecule has 4 rings (SSSR count). The first-order valence-corrected chi connectivity index (χ1v) is 11.7. The van der Waals surface area contributed by atoms with Crippen LogP contribution >= 0.6 is 0 Å². The summed E-state index contributed by atoms with van der Waals surface area (Å²) in [6, 6.07) is 11.1. The predicted octanol–water partition coefficient (Wildman–Crippen LogP) is 4.20. The van der Waals surface area contributed by atoms with Gasteiger partial charge in [0.05, 0.1) is 18.8 Å². The van der Waals surface area contributed by atoms with Gasteiger partial charge in [-0.1, -0.05) is 12.1 Å². The molecule has 0 radical (unpaired) electrons. The van der Waals surface area contributed by atoms with Crippen molar-refractivity contribution < 1.29 is 19.3 Å². The maximum atomic E-state index is 9.78. The van der Waals surface area contributed by atoms with Crippen molar-refractivity contribution in [2.24, 2.45) is 5.92 Å². The molecule has 0 aliphatic carbocycles. The highest BCUT2D eigenvalue weighted by atomic mass is 16.5. The van der Waals surface area contributed by atoms with Gasteiger partial charge in [-0.25, -0.2) is 4.98 Å². The van der Waals surface area contributed by atoms with E-state index in [2.05, 4.69) is 9.97 Å². The minimum atomic E-state index is 0.149. The van der Waals surface area contributed by atoms with Gasteiger partial charge in [-0.05, 0) is 67.5 Å². The number of rotatable bonds is 9. The monoisotopic (exact) mass is 464 g/mol. The van der Waals surface area contributed by atoms with Crippen LogP contribution in [0, 0.1) is 5.92 Å². The average molecular weight is 465 g/mol. The van der Waals surface area contributed by atoms with Crippen molar-refractivity contribution in [2.45, 2.75) is 32.6 Å². The Morgan fingerprint density at radius 3 is 2.44 bits per heavy atom. The quantitative estimate of drug-likeness (QED) is 0.430. The molecule has 2 heterocycles. The van der Waals surface area contributed by atoms with Crippen molar-refractivity contribution >= 4 is 11.8 Å². The van der Waals surface area contributed by atoms with E-state index in [0.717, 1.165) is 60.5 Å². The van der Waals surface area contributed by atoms with Crippen molar-refractivity contribution in [2.75, 3.05) is 37.9 Å². The van der Waals surface area contributed by atoms with Crippen LogP contribution in [-0.2, 0) is 11.2 Å². The SMILES string of the molecule is CCOc1cc(Cc2cnc(N)nc2N)cc(OCCC2CCOCC2)c1-c1ccc(O)cc1. The Hall–Kier alpha value is -3.52. The number of nitrogens with two attached hydrogens (primary N) is 2. The number of anilines is 2. The highest BCUT2D eigenvalue weighted by Gasteiger charge is 2.19. The van der Waals surface area contributed by atoms with E-state index in [0.29, 0.717) is 37.1 Å². The zero-order valence-corrected chi connectivity index (χ0v) is 19.5. The Labute approximate surface area is 199 Å². The summed E-state index contributed by atoms with van der Waals surface area (Å²) in [7, 11) is 0. The standard InChI is InChI=1S/C26H32N4O4/c1-2-33-22-14-18(13-20-16-29-26(28)30-25(20)27)15-23(24(22)19-3-5-21(31)6-4-19)34-12-9-17-7-10-32-11-8-17/h3-6,14-17,31H,2,7-13H2,1H3,(H4,27,28,29,30). The van der Waals surface area contributed by atoms with E-state index in [1.807, 2.05) is 31.2 Å². The summed E-state index contributed by atoms with van der Waals surface area (Å²) in [5.41, 5.74) is 15.2. The third-order valence-corrected chi connectivity index (χ3v) is 6.02. The number of phenolic OH excluding ortho intramolecular Hbond substituents is 1. The van der Waals surface area contributed by atoms with E-state index >= 15 is 0 Å². The summed E-state index contributed by atoms with van der Waals surface area (Å²) in [5, 5.41) is 9.78. The van der Waals surface area contributed by atoms with E-state index in [1.165, 1.54) is 0 Å². The Morgan fingerprint density at radius 1 is 1.06 bits per heavy atom. The normalized spacial score (nSPS) is 14.1. The number of benzene rings is 2. The van der Waals surface area contributed by atoms with Gasteiger partial charge in [0.1, 0.15) is 23.1 Å². The van der Waals surface area contributed by atoms with Crippen molar-refractivity contribution in [1.29, 1.82) is 0 Å². The minimum absolute atomic E-state index is 0.149. The summed E-state index contributed by atoms with van der Waals surface area (Å²) in [5.74, 6) is 2.76. The molecule has 180 valence electrons. The summed E-state index contributed by atoms with van der Waals surface area (Å²) < 4.78 is 17.9. The Morgan fingerprint density at radius 2 is 1.76 bits per heavy atom. The number of nitrogens with zero attached hydrogens (tertiary/aromatic N) is 2. The lowest BCUT2D eigenvalue weighted by atomic mass is 9.96. The molecular formula is C26H32N4O4. The van der Waals surface area contributed by atoms with Gasteiger partial charge in [0.15, 0.2) is 0 Å². The maximum absolute atomic E-state index is 9.78. The lowest BCUT2D eigenvalue weighted by Gasteiger charge is -2.23. The molecule has 34 heavy (non-hydrogen) atoms. The van der Waals surface area contributed by atoms with Gasteiger partial charge >= 0.3 is 0 Å². The highest BCUT2D eigenvalue weighted by molar-refractivity contribution is 5.78. The molecule has 0 spiro atoms. The molecule has 8 heteroatoms. The predicted molar refractivity (Wildman–Crippen MR) is 132 cm³/mol. The second kappa shape index (κ2) is 11.1. The van der Waals surface area contributed by atoms with E-state index in [9.17, 15) is 5.11 Å². The molecule has 0 atom stereocenters. The van der Waals surface area contributed by atoms with Crippen LogP contribution in [-0.4, -0.2) is 41.5 Å². The second-order valence-corrected chi connectivity index (χ2v) is 8.46. The Bertz CT molecular complexity index is 1100. The first-order chi connectivity index (χ1) is 16.5. The third kappa shape index (κ3) is 5.88. The molecule has 1 fully saturated rings. The fraction of sp³-hybridized carbons (Fsp3) is 0.385. The van der Waals surface area contributed by atoms with Crippen molar-refractivity contribution in [3.8, 4) is 28.4 Å². The number of aromatic nitrogens is 2. The molecule has 1 aliphatic rings. The summed E-state index contributed by atoms with van der Waals surface area (Å²) >= 11 is 0.